The number of methoxy groups -OCH3 is 3. The largest absolute Gasteiger partial charge is 0.453 e. The zero-order chi connectivity index (χ0) is 42.5. The van der Waals surface area contributed by atoms with Crippen LogP contribution in [0.25, 0.3) is 33.6 Å². The third-order valence-corrected chi connectivity index (χ3v) is 12.3. The van der Waals surface area contributed by atoms with Crippen molar-refractivity contribution in [2.45, 2.75) is 75.6 Å². The second-order valence-electron chi connectivity index (χ2n) is 14.9. The first-order valence-electron chi connectivity index (χ1n) is 19.3. The van der Waals surface area contributed by atoms with E-state index < -0.39 is 42.2 Å². The number of amides is 4. The predicted molar refractivity (Wildman–Crippen MR) is 222 cm³/mol. The van der Waals surface area contributed by atoms with Gasteiger partial charge in [-0.3, -0.25) is 9.59 Å². The number of aromatic amines is 2. The Morgan fingerprint density at radius 3 is 2.15 bits per heavy atom. The van der Waals surface area contributed by atoms with Crippen molar-refractivity contribution in [3.05, 3.63) is 71.3 Å². The third-order valence-electron chi connectivity index (χ3n) is 11.0. The number of nitrogens with one attached hydrogen (secondary N) is 4. The molecule has 2 fully saturated rings. The van der Waals surface area contributed by atoms with Gasteiger partial charge in [-0.05, 0) is 55.6 Å². The van der Waals surface area contributed by atoms with Gasteiger partial charge in [0, 0.05) is 36.6 Å². The lowest BCUT2D eigenvalue weighted by Crippen LogP contribution is -2.54. The minimum absolute atomic E-state index is 0.162. The fourth-order valence-corrected chi connectivity index (χ4v) is 8.57. The van der Waals surface area contributed by atoms with Gasteiger partial charge in [0.15, 0.2) is 0 Å². The Labute approximate surface area is 351 Å². The Hall–Kier alpha value is -5.13. The molecule has 1 unspecified atom stereocenters. The zero-order valence-corrected chi connectivity index (χ0v) is 35.6. The van der Waals surface area contributed by atoms with Crippen molar-refractivity contribution >= 4 is 47.4 Å². The van der Waals surface area contributed by atoms with Crippen molar-refractivity contribution in [1.29, 1.82) is 0 Å². The first-order valence-corrected chi connectivity index (χ1v) is 21.0. The van der Waals surface area contributed by atoms with Crippen molar-refractivity contribution < 1.29 is 37.8 Å². The Bertz CT molecular complexity index is 2150. The first kappa shape index (κ1) is 43.4. The maximum Gasteiger partial charge on any atom is 0.407 e. The summed E-state index contributed by atoms with van der Waals surface area (Å²) < 4.78 is 30.8. The normalized spacial score (nSPS) is 19.4. The number of hydrogen-bond acceptors (Lipinski definition) is 10. The summed E-state index contributed by atoms with van der Waals surface area (Å²) in [6.45, 7) is 6.36. The lowest BCUT2D eigenvalue weighted by atomic mass is 10.0. The molecule has 0 bridgehead atoms. The van der Waals surface area contributed by atoms with Crippen LogP contribution in [0.2, 0.25) is 5.15 Å². The summed E-state index contributed by atoms with van der Waals surface area (Å²) in [7, 11) is 3.97. The van der Waals surface area contributed by atoms with Crippen molar-refractivity contribution in [3.63, 3.8) is 0 Å². The van der Waals surface area contributed by atoms with Gasteiger partial charge in [0.1, 0.15) is 40.4 Å². The molecule has 59 heavy (non-hydrogen) atoms. The van der Waals surface area contributed by atoms with E-state index in [4.69, 9.17) is 30.8 Å². The summed E-state index contributed by atoms with van der Waals surface area (Å²) in [5, 5.41) is 5.64. The molecule has 6 rings (SSSR count). The van der Waals surface area contributed by atoms with Gasteiger partial charge in [0.2, 0.25) is 11.8 Å². The highest BCUT2D eigenvalue weighted by Gasteiger charge is 2.42. The van der Waals surface area contributed by atoms with Gasteiger partial charge in [0.25, 0.3) is 0 Å². The molecule has 316 valence electrons. The summed E-state index contributed by atoms with van der Waals surface area (Å²) in [4.78, 5) is 70.8. The molecular formula is C41H50ClFN8O7S. The van der Waals surface area contributed by atoms with E-state index in [0.29, 0.717) is 60.0 Å². The van der Waals surface area contributed by atoms with Crippen LogP contribution in [0.3, 0.4) is 0 Å². The lowest BCUT2D eigenvalue weighted by Gasteiger charge is -2.30. The summed E-state index contributed by atoms with van der Waals surface area (Å²) >= 11 is 8.30. The molecule has 0 aliphatic carbocycles. The average Bonchev–Trinajstić information content (AvgIpc) is 4.07. The quantitative estimate of drug-likeness (QED) is 0.112. The fourth-order valence-electron chi connectivity index (χ4n) is 7.64. The minimum Gasteiger partial charge on any atom is -0.453 e. The van der Waals surface area contributed by atoms with Crippen LogP contribution in [0.4, 0.5) is 14.0 Å². The molecule has 6 atom stereocenters. The number of hydrogen-bond donors (Lipinski definition) is 4. The molecule has 0 saturated carbocycles. The number of rotatable bonds is 13. The molecule has 4 N–H and O–H groups in total. The van der Waals surface area contributed by atoms with Gasteiger partial charge in [0.05, 0.1) is 44.3 Å². The van der Waals surface area contributed by atoms with Crippen LogP contribution >= 0.6 is 23.4 Å². The second kappa shape index (κ2) is 18.8. The third kappa shape index (κ3) is 9.36. The summed E-state index contributed by atoms with van der Waals surface area (Å²) in [6, 6.07) is 9.70. The highest BCUT2D eigenvalue weighted by molar-refractivity contribution is 7.99. The molecule has 2 saturated heterocycles. The van der Waals surface area contributed by atoms with Crippen LogP contribution in [0.15, 0.2) is 48.7 Å². The number of imidazole rings is 2. The van der Waals surface area contributed by atoms with Crippen LogP contribution in [-0.4, -0.2) is 118 Å². The monoisotopic (exact) mass is 852 g/mol. The number of H-pyrrole nitrogens is 2. The highest BCUT2D eigenvalue weighted by Crippen LogP contribution is 2.39. The number of ether oxygens (including phenoxy) is 3. The molecule has 2 aromatic heterocycles. The van der Waals surface area contributed by atoms with Crippen LogP contribution < -0.4 is 10.6 Å². The number of carbonyl (C=O) groups excluding carboxylic acids is 4. The molecule has 4 aromatic rings. The molecular weight excluding hydrogens is 803 g/mol. The van der Waals surface area contributed by atoms with E-state index in [1.165, 1.54) is 27.4 Å². The van der Waals surface area contributed by atoms with Gasteiger partial charge in [-0.25, -0.2) is 23.9 Å². The van der Waals surface area contributed by atoms with Crippen molar-refractivity contribution in [2.24, 2.45) is 5.92 Å². The second-order valence-corrected chi connectivity index (χ2v) is 16.5. The van der Waals surface area contributed by atoms with Gasteiger partial charge in [-0.15, -0.1) is 0 Å². The number of likely N-dealkylation sites (tertiary alicyclic amines) is 2. The summed E-state index contributed by atoms with van der Waals surface area (Å²) in [5.74, 6) is -0.0991. The number of aromatic nitrogens is 4. The highest BCUT2D eigenvalue weighted by atomic mass is 35.5. The maximum absolute atomic E-state index is 15.8. The fraction of sp³-hybridized carbons (Fsp3) is 0.463. The van der Waals surface area contributed by atoms with E-state index in [2.05, 4.69) is 25.6 Å². The lowest BCUT2D eigenvalue weighted by molar-refractivity contribution is -0.137. The van der Waals surface area contributed by atoms with Crippen LogP contribution in [0.5, 0.6) is 0 Å². The van der Waals surface area contributed by atoms with Crippen molar-refractivity contribution in [3.8, 4) is 33.6 Å². The molecule has 2 aliphatic rings. The van der Waals surface area contributed by atoms with Crippen LogP contribution in [0.1, 0.15) is 63.8 Å². The van der Waals surface area contributed by atoms with Gasteiger partial charge < -0.3 is 44.6 Å². The standard InChI is InChI=1S/C41H50ClFN8O7S/c1-21(2)32(47-40(54)57-5)38(52)50-16-8-9-30(50)37-46-34(35(42)49-37)25-14-15-27(28(43)17-25)23-10-12-24(13-11-23)29-19-44-36(45-29)31-18-26(59-7)20-51(31)39(53)33(22(3)56-4)48-41(55)58-6/h10-15,17,19,21-22,26,30-33H,8-9,16,18,20H2,1-7H3,(H,44,45)(H,46,49)(H,47,54)(H,48,55)/t22?,26-,30-,31-,32-,33-/m0/s1. The van der Waals surface area contributed by atoms with Gasteiger partial charge in [-0.2, -0.15) is 11.8 Å². The first-order chi connectivity index (χ1) is 28.3. The molecule has 15 nitrogen and oxygen atoms in total. The Kier molecular flexibility index (Phi) is 13.9. The molecule has 0 spiro atoms. The topological polar surface area (TPSA) is 184 Å². The molecule has 0 radical (unpaired) electrons. The number of benzene rings is 2. The Balaban J connectivity index is 1.17. The van der Waals surface area contributed by atoms with E-state index >= 15 is 4.39 Å². The molecule has 2 aromatic carbocycles. The van der Waals surface area contributed by atoms with Crippen LogP contribution in [-0.2, 0) is 23.8 Å². The van der Waals surface area contributed by atoms with Gasteiger partial charge in [-0.1, -0.05) is 61.8 Å². The van der Waals surface area contributed by atoms with Crippen LogP contribution in [0, 0.1) is 11.7 Å². The SMILES string of the molecule is COC(=O)N[C@H](C(=O)N1CCC[C@H]1c1nc(-c2ccc(-c3ccc(-c4cnc([C@@H]5C[C@H](SC)CN5C(=O)[C@@H](NC(=O)OC)C(C)OC)[nH]4)cc3)c(F)c2)c(Cl)[nH]1)C(C)C. The summed E-state index contributed by atoms with van der Waals surface area (Å²) in [5.41, 5.74) is 3.40. The number of halogens is 2. The van der Waals surface area contributed by atoms with E-state index in [1.54, 1.807) is 46.8 Å². The van der Waals surface area contributed by atoms with Crippen molar-refractivity contribution in [2.75, 3.05) is 40.7 Å². The minimum atomic E-state index is -0.956. The van der Waals surface area contributed by atoms with E-state index in [9.17, 15) is 19.2 Å². The maximum atomic E-state index is 15.8. The van der Waals surface area contributed by atoms with E-state index in [0.717, 1.165) is 17.7 Å². The smallest absolute Gasteiger partial charge is 0.407 e. The average molecular weight is 853 g/mol. The zero-order valence-electron chi connectivity index (χ0n) is 34.0. The molecule has 4 heterocycles. The number of nitrogens with zero attached hydrogens (tertiary/aromatic N) is 4. The van der Waals surface area contributed by atoms with E-state index in [1.807, 2.05) is 44.4 Å². The number of carbonyl (C=O) groups is 4. The molecule has 2 aliphatic heterocycles. The predicted octanol–water partition coefficient (Wildman–Crippen LogP) is 6.73. The molecule has 4 amide bonds. The van der Waals surface area contributed by atoms with Gasteiger partial charge >= 0.3 is 12.2 Å². The Morgan fingerprint density at radius 1 is 0.881 bits per heavy atom. The van der Waals surface area contributed by atoms with E-state index in [-0.39, 0.29) is 34.2 Å². The molecule has 18 heteroatoms. The Morgan fingerprint density at radius 2 is 1.53 bits per heavy atom. The summed E-state index contributed by atoms with van der Waals surface area (Å²) in [6.07, 6.45) is 3.74. The number of thioether (sulfide) groups is 1. The van der Waals surface area contributed by atoms with Crippen molar-refractivity contribution in [1.82, 2.24) is 40.4 Å². The number of alkyl carbamates (subject to hydrolysis) is 2.